The molecule has 0 aliphatic heterocycles. The van der Waals surface area contributed by atoms with E-state index in [-0.39, 0.29) is 12.8 Å². The molecule has 3 amide bonds. The fraction of sp³-hybridized carbons (Fsp3) is 0.476. The Balaban J connectivity index is 2.96. The van der Waals surface area contributed by atoms with Crippen molar-refractivity contribution in [2.75, 3.05) is 13.1 Å². The molecule has 0 aromatic heterocycles. The molecule has 3 unspecified atom stereocenters. The van der Waals surface area contributed by atoms with E-state index in [0.29, 0.717) is 24.9 Å². The Morgan fingerprint density at radius 3 is 1.97 bits per heavy atom. The van der Waals surface area contributed by atoms with Gasteiger partial charge in [-0.1, -0.05) is 30.3 Å². The first-order chi connectivity index (χ1) is 15.7. The van der Waals surface area contributed by atoms with Crippen LogP contribution >= 0.6 is 0 Å². The third-order valence-corrected chi connectivity index (χ3v) is 4.69. The number of carboxylic acid groups (broad SMARTS) is 2. The molecule has 0 aliphatic rings. The number of carbonyl (C=O) groups is 5. The van der Waals surface area contributed by atoms with Gasteiger partial charge in [0.15, 0.2) is 0 Å². The number of amides is 3. The van der Waals surface area contributed by atoms with E-state index in [2.05, 4.69) is 16.0 Å². The number of aliphatic carboxylic acids is 2. The molecular weight excluding hydrogens is 434 g/mol. The van der Waals surface area contributed by atoms with Gasteiger partial charge in [0.25, 0.3) is 0 Å². The van der Waals surface area contributed by atoms with Crippen LogP contribution in [0.1, 0.15) is 31.2 Å². The standard InChI is InChI=1S/C21H31N5O7/c22-9-5-4-8-14(25-20(31)15(11-18(28)29)24-17(27)12-23)19(30)26-16(21(32)33)10-13-6-2-1-3-7-13/h1-3,6-7,14-16H,4-5,8-12,22-23H2,(H,24,27)(H,25,31)(H,26,30)(H,28,29)(H,32,33). The predicted octanol–water partition coefficient (Wildman–Crippen LogP) is -1.67. The molecule has 1 aromatic rings. The number of carbonyl (C=O) groups excluding carboxylic acids is 3. The van der Waals surface area contributed by atoms with Crippen LogP contribution in [0.4, 0.5) is 0 Å². The van der Waals surface area contributed by atoms with Gasteiger partial charge in [-0.05, 0) is 31.4 Å². The maximum atomic E-state index is 12.9. The van der Waals surface area contributed by atoms with Crippen LogP contribution in [-0.4, -0.2) is 71.1 Å². The Morgan fingerprint density at radius 1 is 0.818 bits per heavy atom. The van der Waals surface area contributed by atoms with Crippen LogP contribution in [0.25, 0.3) is 0 Å². The highest BCUT2D eigenvalue weighted by molar-refractivity contribution is 5.95. The van der Waals surface area contributed by atoms with Crippen LogP contribution in [0.2, 0.25) is 0 Å². The molecule has 3 atom stereocenters. The molecule has 0 bridgehead atoms. The molecule has 0 radical (unpaired) electrons. The molecule has 33 heavy (non-hydrogen) atoms. The quantitative estimate of drug-likeness (QED) is 0.147. The van der Waals surface area contributed by atoms with E-state index in [4.69, 9.17) is 16.6 Å². The number of unbranched alkanes of at least 4 members (excludes halogenated alkanes) is 1. The molecule has 0 spiro atoms. The first-order valence-electron chi connectivity index (χ1n) is 10.5. The SMILES string of the molecule is NCCCCC(NC(=O)C(CC(=O)O)NC(=O)CN)C(=O)NC(Cc1ccccc1)C(=O)O. The van der Waals surface area contributed by atoms with Gasteiger partial charge in [0.05, 0.1) is 13.0 Å². The lowest BCUT2D eigenvalue weighted by molar-refractivity contribution is -0.143. The number of carboxylic acids is 2. The summed E-state index contributed by atoms with van der Waals surface area (Å²) in [6.07, 6.45) is 0.440. The third kappa shape index (κ3) is 10.6. The number of rotatable bonds is 15. The number of nitrogens with one attached hydrogen (secondary N) is 3. The first-order valence-corrected chi connectivity index (χ1v) is 10.5. The average Bonchev–Trinajstić information content (AvgIpc) is 2.77. The van der Waals surface area contributed by atoms with Crippen molar-refractivity contribution in [1.82, 2.24) is 16.0 Å². The summed E-state index contributed by atoms with van der Waals surface area (Å²) in [5, 5.41) is 25.6. The van der Waals surface area contributed by atoms with Crippen molar-refractivity contribution in [2.45, 2.75) is 50.2 Å². The summed E-state index contributed by atoms with van der Waals surface area (Å²) in [5.74, 6) is -4.98. The highest BCUT2D eigenvalue weighted by Gasteiger charge is 2.30. The lowest BCUT2D eigenvalue weighted by Gasteiger charge is -2.24. The van der Waals surface area contributed by atoms with Crippen LogP contribution < -0.4 is 27.4 Å². The summed E-state index contributed by atoms with van der Waals surface area (Å²) in [4.78, 5) is 59.8. The van der Waals surface area contributed by atoms with Crippen molar-refractivity contribution in [1.29, 1.82) is 0 Å². The van der Waals surface area contributed by atoms with Gasteiger partial charge in [-0.2, -0.15) is 0 Å². The zero-order chi connectivity index (χ0) is 24.8. The maximum absolute atomic E-state index is 12.9. The fourth-order valence-electron chi connectivity index (χ4n) is 2.99. The van der Waals surface area contributed by atoms with Gasteiger partial charge in [-0.25, -0.2) is 4.79 Å². The van der Waals surface area contributed by atoms with Crippen molar-refractivity contribution in [3.8, 4) is 0 Å². The smallest absolute Gasteiger partial charge is 0.326 e. The van der Waals surface area contributed by atoms with Gasteiger partial charge in [0.1, 0.15) is 18.1 Å². The van der Waals surface area contributed by atoms with Crippen LogP contribution in [0, 0.1) is 0 Å². The molecule has 12 heteroatoms. The Bertz CT molecular complexity index is 818. The van der Waals surface area contributed by atoms with Crippen molar-refractivity contribution in [3.63, 3.8) is 0 Å². The zero-order valence-electron chi connectivity index (χ0n) is 18.2. The predicted molar refractivity (Wildman–Crippen MR) is 118 cm³/mol. The van der Waals surface area contributed by atoms with E-state index in [0.717, 1.165) is 0 Å². The van der Waals surface area contributed by atoms with Gasteiger partial charge >= 0.3 is 11.9 Å². The summed E-state index contributed by atoms with van der Waals surface area (Å²) >= 11 is 0. The molecule has 0 saturated heterocycles. The van der Waals surface area contributed by atoms with Crippen LogP contribution in [0.15, 0.2) is 30.3 Å². The lowest BCUT2D eigenvalue weighted by Crippen LogP contribution is -2.56. The van der Waals surface area contributed by atoms with E-state index in [1.165, 1.54) is 0 Å². The molecule has 0 saturated carbocycles. The minimum atomic E-state index is -1.46. The van der Waals surface area contributed by atoms with Crippen LogP contribution in [-0.2, 0) is 30.4 Å². The molecule has 9 N–H and O–H groups in total. The van der Waals surface area contributed by atoms with E-state index < -0.39 is 60.8 Å². The van der Waals surface area contributed by atoms with E-state index in [9.17, 15) is 29.1 Å². The maximum Gasteiger partial charge on any atom is 0.326 e. The summed E-state index contributed by atoms with van der Waals surface area (Å²) in [6, 6.07) is 4.83. The largest absolute Gasteiger partial charge is 0.481 e. The second kappa shape index (κ2) is 14.5. The Labute approximate surface area is 191 Å². The first kappa shape index (κ1) is 27.5. The van der Waals surface area contributed by atoms with E-state index in [1.54, 1.807) is 30.3 Å². The molecule has 1 aromatic carbocycles. The molecule has 12 nitrogen and oxygen atoms in total. The highest BCUT2D eigenvalue weighted by atomic mass is 16.4. The summed E-state index contributed by atoms with van der Waals surface area (Å²) in [6.45, 7) is -0.105. The summed E-state index contributed by atoms with van der Waals surface area (Å²) in [5.41, 5.74) is 11.4. The van der Waals surface area contributed by atoms with E-state index >= 15 is 0 Å². The summed E-state index contributed by atoms with van der Waals surface area (Å²) in [7, 11) is 0. The van der Waals surface area contributed by atoms with E-state index in [1.807, 2.05) is 0 Å². The second-order valence-electron chi connectivity index (χ2n) is 7.36. The zero-order valence-corrected chi connectivity index (χ0v) is 18.2. The minimum Gasteiger partial charge on any atom is -0.481 e. The molecule has 182 valence electrons. The fourth-order valence-corrected chi connectivity index (χ4v) is 2.99. The molecule has 0 fully saturated rings. The molecule has 0 aliphatic carbocycles. The number of benzene rings is 1. The molecule has 0 heterocycles. The number of hydrogen-bond acceptors (Lipinski definition) is 7. The van der Waals surface area contributed by atoms with Crippen molar-refractivity contribution < 1.29 is 34.2 Å². The second-order valence-corrected chi connectivity index (χ2v) is 7.36. The molecule has 1 rings (SSSR count). The Morgan fingerprint density at radius 2 is 1.42 bits per heavy atom. The Hall–Kier alpha value is -3.51. The van der Waals surface area contributed by atoms with Crippen molar-refractivity contribution in [2.24, 2.45) is 11.5 Å². The lowest BCUT2D eigenvalue weighted by atomic mass is 10.0. The average molecular weight is 466 g/mol. The van der Waals surface area contributed by atoms with Crippen molar-refractivity contribution >= 4 is 29.7 Å². The minimum absolute atomic E-state index is 0.0274. The normalized spacial score (nSPS) is 13.3. The Kier molecular flexibility index (Phi) is 12.1. The van der Waals surface area contributed by atoms with Gasteiger partial charge in [0, 0.05) is 6.42 Å². The highest BCUT2D eigenvalue weighted by Crippen LogP contribution is 2.07. The third-order valence-electron chi connectivity index (χ3n) is 4.69. The number of nitrogens with two attached hydrogens (primary N) is 2. The van der Waals surface area contributed by atoms with Gasteiger partial charge in [-0.15, -0.1) is 0 Å². The van der Waals surface area contributed by atoms with Gasteiger partial charge < -0.3 is 37.6 Å². The summed E-state index contributed by atoms with van der Waals surface area (Å²) < 4.78 is 0. The monoisotopic (exact) mass is 465 g/mol. The van der Waals surface area contributed by atoms with Crippen LogP contribution in [0.5, 0.6) is 0 Å². The topological polar surface area (TPSA) is 214 Å². The number of hydrogen-bond donors (Lipinski definition) is 7. The van der Waals surface area contributed by atoms with Crippen LogP contribution in [0.3, 0.4) is 0 Å². The van der Waals surface area contributed by atoms with Gasteiger partial charge in [-0.3, -0.25) is 19.2 Å². The van der Waals surface area contributed by atoms with Crippen molar-refractivity contribution in [3.05, 3.63) is 35.9 Å². The van der Waals surface area contributed by atoms with Gasteiger partial charge in [0.2, 0.25) is 17.7 Å². The molecular formula is C21H31N5O7.